The lowest BCUT2D eigenvalue weighted by Crippen LogP contribution is -2.21. The molecule has 1 N–H and O–H groups in total. The van der Waals surface area contributed by atoms with Gasteiger partial charge in [0.1, 0.15) is 11.5 Å². The first-order chi connectivity index (χ1) is 9.47. The number of rotatable bonds is 2. The minimum atomic E-state index is -1.25. The summed E-state index contributed by atoms with van der Waals surface area (Å²) in [6, 6.07) is 4.03. The topological polar surface area (TPSA) is 83.6 Å². The van der Waals surface area contributed by atoms with Crippen molar-refractivity contribution in [3.05, 3.63) is 35.3 Å². The molecular formula is C13H9FN2O4. The predicted octanol–water partition coefficient (Wildman–Crippen LogP) is 1.70. The molecule has 0 atom stereocenters. The standard InChI is InChI=1S/C13H9FN2O4/c1-16-11(17)4-7-2-6(3-8(14)12(7)16)9-5-10(13(18)19)20-15-9/h2-3,5H,4H2,1H3,(H,18,19). The van der Waals surface area contributed by atoms with Crippen molar-refractivity contribution in [2.75, 3.05) is 11.9 Å². The number of aromatic nitrogens is 1. The summed E-state index contributed by atoms with van der Waals surface area (Å²) in [7, 11) is 1.51. The van der Waals surface area contributed by atoms with Crippen molar-refractivity contribution < 1.29 is 23.6 Å². The van der Waals surface area contributed by atoms with Gasteiger partial charge in [0, 0.05) is 18.7 Å². The molecule has 1 amide bonds. The van der Waals surface area contributed by atoms with Crippen molar-refractivity contribution in [2.24, 2.45) is 0 Å². The molecular weight excluding hydrogens is 267 g/mol. The normalized spacial score (nSPS) is 13.7. The first-order valence-electron chi connectivity index (χ1n) is 5.76. The monoisotopic (exact) mass is 276 g/mol. The molecule has 0 bridgehead atoms. The average molecular weight is 276 g/mol. The zero-order chi connectivity index (χ0) is 14.4. The van der Waals surface area contributed by atoms with E-state index >= 15 is 0 Å². The third kappa shape index (κ3) is 1.75. The van der Waals surface area contributed by atoms with E-state index in [0.717, 1.165) is 0 Å². The number of hydrogen-bond donors (Lipinski definition) is 1. The van der Waals surface area contributed by atoms with Crippen LogP contribution in [0.2, 0.25) is 0 Å². The number of carboxylic acids is 1. The Morgan fingerprint density at radius 2 is 2.20 bits per heavy atom. The number of aromatic carboxylic acids is 1. The number of carboxylic acid groups (broad SMARTS) is 1. The number of amides is 1. The largest absolute Gasteiger partial charge is 0.475 e. The summed E-state index contributed by atoms with van der Waals surface area (Å²) in [5, 5.41) is 12.4. The number of nitrogens with zero attached hydrogens (tertiary/aromatic N) is 2. The quantitative estimate of drug-likeness (QED) is 0.902. The molecule has 0 fully saturated rings. The fourth-order valence-electron chi connectivity index (χ4n) is 2.23. The van der Waals surface area contributed by atoms with E-state index in [1.807, 2.05) is 0 Å². The Balaban J connectivity index is 2.08. The summed E-state index contributed by atoms with van der Waals surface area (Å²) in [6.45, 7) is 0. The van der Waals surface area contributed by atoms with Crippen LogP contribution in [0.4, 0.5) is 10.1 Å². The summed E-state index contributed by atoms with van der Waals surface area (Å²) < 4.78 is 18.7. The molecule has 1 aromatic heterocycles. The van der Waals surface area contributed by atoms with Gasteiger partial charge in [-0.3, -0.25) is 4.79 Å². The van der Waals surface area contributed by atoms with Crippen LogP contribution >= 0.6 is 0 Å². The maximum absolute atomic E-state index is 14.1. The summed E-state index contributed by atoms with van der Waals surface area (Å²) in [4.78, 5) is 23.6. The molecule has 2 heterocycles. The van der Waals surface area contributed by atoms with Crippen LogP contribution in [0.5, 0.6) is 0 Å². The lowest BCUT2D eigenvalue weighted by Gasteiger charge is -2.11. The van der Waals surface area contributed by atoms with Gasteiger partial charge >= 0.3 is 5.97 Å². The first kappa shape index (κ1) is 12.3. The fourth-order valence-corrected chi connectivity index (χ4v) is 2.23. The Hall–Kier alpha value is -2.70. The summed E-state index contributed by atoms with van der Waals surface area (Å²) in [5.41, 5.74) is 1.39. The number of halogens is 1. The highest BCUT2D eigenvalue weighted by molar-refractivity contribution is 6.01. The second kappa shape index (κ2) is 4.16. The third-order valence-corrected chi connectivity index (χ3v) is 3.21. The Morgan fingerprint density at radius 3 is 2.85 bits per heavy atom. The molecule has 20 heavy (non-hydrogen) atoms. The molecule has 0 unspecified atom stereocenters. The number of hydrogen-bond acceptors (Lipinski definition) is 4. The molecule has 0 radical (unpaired) electrons. The smallest absolute Gasteiger partial charge is 0.374 e. The number of benzene rings is 1. The lowest BCUT2D eigenvalue weighted by molar-refractivity contribution is -0.117. The van der Waals surface area contributed by atoms with E-state index in [2.05, 4.69) is 9.68 Å². The van der Waals surface area contributed by atoms with Gasteiger partial charge in [0.25, 0.3) is 0 Å². The highest BCUT2D eigenvalue weighted by atomic mass is 19.1. The van der Waals surface area contributed by atoms with E-state index in [9.17, 15) is 14.0 Å². The molecule has 6 nitrogen and oxygen atoms in total. The number of likely N-dealkylation sites (N-methyl/N-ethyl adjacent to an activating group) is 1. The van der Waals surface area contributed by atoms with Gasteiger partial charge in [0.2, 0.25) is 11.7 Å². The number of carbonyl (C=O) groups is 2. The Bertz CT molecular complexity index is 738. The van der Waals surface area contributed by atoms with Gasteiger partial charge in [-0.25, -0.2) is 9.18 Å². The van der Waals surface area contributed by atoms with Gasteiger partial charge < -0.3 is 14.5 Å². The molecule has 0 saturated carbocycles. The SMILES string of the molecule is CN1C(=O)Cc2cc(-c3cc(C(=O)O)on3)cc(F)c21. The van der Waals surface area contributed by atoms with E-state index in [4.69, 9.17) is 5.11 Å². The summed E-state index contributed by atoms with van der Waals surface area (Å²) >= 11 is 0. The molecule has 3 rings (SSSR count). The Labute approximate surface area is 112 Å². The van der Waals surface area contributed by atoms with Crippen LogP contribution in [-0.4, -0.2) is 29.2 Å². The van der Waals surface area contributed by atoms with E-state index < -0.39 is 11.8 Å². The van der Waals surface area contributed by atoms with Gasteiger partial charge in [0.05, 0.1) is 12.1 Å². The second-order valence-electron chi connectivity index (χ2n) is 4.48. The molecule has 0 saturated heterocycles. The van der Waals surface area contributed by atoms with Crippen LogP contribution in [0.1, 0.15) is 16.1 Å². The van der Waals surface area contributed by atoms with Crippen molar-refractivity contribution in [1.82, 2.24) is 5.16 Å². The first-order valence-corrected chi connectivity index (χ1v) is 5.76. The van der Waals surface area contributed by atoms with E-state index in [1.165, 1.54) is 24.1 Å². The highest BCUT2D eigenvalue weighted by Crippen LogP contribution is 2.34. The van der Waals surface area contributed by atoms with Gasteiger partial charge in [-0.1, -0.05) is 5.16 Å². The average Bonchev–Trinajstić information content (AvgIpc) is 2.96. The molecule has 0 aliphatic carbocycles. The lowest BCUT2D eigenvalue weighted by atomic mass is 10.1. The summed E-state index contributed by atoms with van der Waals surface area (Å²) in [5.74, 6) is -2.32. The van der Waals surface area contributed by atoms with Crippen LogP contribution in [0.25, 0.3) is 11.3 Å². The zero-order valence-electron chi connectivity index (χ0n) is 10.4. The molecule has 102 valence electrons. The van der Waals surface area contributed by atoms with Crippen LogP contribution in [0, 0.1) is 5.82 Å². The predicted molar refractivity (Wildman–Crippen MR) is 66.0 cm³/mol. The number of anilines is 1. The van der Waals surface area contributed by atoms with Gasteiger partial charge in [-0.05, 0) is 17.7 Å². The maximum Gasteiger partial charge on any atom is 0.374 e. The summed E-state index contributed by atoms with van der Waals surface area (Å²) in [6.07, 6.45) is 0.111. The van der Waals surface area contributed by atoms with Crippen molar-refractivity contribution in [3.8, 4) is 11.3 Å². The van der Waals surface area contributed by atoms with Crippen LogP contribution in [-0.2, 0) is 11.2 Å². The Morgan fingerprint density at radius 1 is 1.45 bits per heavy atom. The fraction of sp³-hybridized carbons (Fsp3) is 0.154. The van der Waals surface area contributed by atoms with Crippen molar-refractivity contribution in [1.29, 1.82) is 0 Å². The van der Waals surface area contributed by atoms with Crippen LogP contribution < -0.4 is 4.90 Å². The van der Waals surface area contributed by atoms with Crippen LogP contribution in [0.3, 0.4) is 0 Å². The van der Waals surface area contributed by atoms with Crippen molar-refractivity contribution in [3.63, 3.8) is 0 Å². The van der Waals surface area contributed by atoms with Crippen LogP contribution in [0.15, 0.2) is 22.7 Å². The van der Waals surface area contributed by atoms with E-state index in [0.29, 0.717) is 11.1 Å². The van der Waals surface area contributed by atoms with Crippen molar-refractivity contribution >= 4 is 17.6 Å². The van der Waals surface area contributed by atoms with Gasteiger partial charge in [-0.2, -0.15) is 0 Å². The number of carbonyl (C=O) groups excluding carboxylic acids is 1. The highest BCUT2D eigenvalue weighted by Gasteiger charge is 2.28. The minimum absolute atomic E-state index is 0.111. The zero-order valence-corrected chi connectivity index (χ0v) is 10.4. The van der Waals surface area contributed by atoms with Crippen molar-refractivity contribution in [2.45, 2.75) is 6.42 Å². The van der Waals surface area contributed by atoms with Gasteiger partial charge in [0.15, 0.2) is 0 Å². The van der Waals surface area contributed by atoms with E-state index in [-0.39, 0.29) is 29.5 Å². The molecule has 1 aliphatic heterocycles. The second-order valence-corrected chi connectivity index (χ2v) is 4.48. The maximum atomic E-state index is 14.1. The molecule has 1 aliphatic rings. The number of fused-ring (bicyclic) bond motifs is 1. The third-order valence-electron chi connectivity index (χ3n) is 3.21. The molecule has 0 spiro atoms. The molecule has 1 aromatic carbocycles. The van der Waals surface area contributed by atoms with Gasteiger partial charge in [-0.15, -0.1) is 0 Å². The Kier molecular flexibility index (Phi) is 2.56. The molecule has 7 heteroatoms. The molecule has 2 aromatic rings. The minimum Gasteiger partial charge on any atom is -0.475 e. The van der Waals surface area contributed by atoms with E-state index in [1.54, 1.807) is 6.07 Å².